The van der Waals surface area contributed by atoms with Gasteiger partial charge in [-0.2, -0.15) is 0 Å². The molecule has 0 saturated carbocycles. The Morgan fingerprint density at radius 2 is 2.00 bits per heavy atom. The second kappa shape index (κ2) is 4.69. The van der Waals surface area contributed by atoms with Gasteiger partial charge in [-0.05, 0) is 18.1 Å². The lowest BCUT2D eigenvalue weighted by Crippen LogP contribution is -1.98. The average Bonchev–Trinajstić information content (AvgIpc) is 2.28. The molecule has 0 heterocycles. The molecule has 1 aliphatic rings. The van der Waals surface area contributed by atoms with Crippen LogP contribution in [0.5, 0.6) is 0 Å². The largest absolute Gasteiger partial charge is 0.508 e. The fraction of sp³-hybridized carbons (Fsp3) is 0.231. The van der Waals surface area contributed by atoms with Crippen molar-refractivity contribution in [3.63, 3.8) is 0 Å². The molecule has 0 radical (unpaired) electrons. The van der Waals surface area contributed by atoms with E-state index >= 15 is 0 Å². The Balaban J connectivity index is 1.91. The maximum absolute atomic E-state index is 9.28. The van der Waals surface area contributed by atoms with Crippen molar-refractivity contribution in [2.45, 2.75) is 19.4 Å². The standard InChI is InChI=1S/C13H14O2/c14-12-7-4-8-13(9-12)15-10-11-5-2-1-3-6-11/h1-3,5-7,9,14H,4,8,10H2. The summed E-state index contributed by atoms with van der Waals surface area (Å²) in [6, 6.07) is 10.0. The van der Waals surface area contributed by atoms with Crippen molar-refractivity contribution in [1.29, 1.82) is 0 Å². The van der Waals surface area contributed by atoms with Gasteiger partial charge in [-0.1, -0.05) is 30.3 Å². The zero-order valence-corrected chi connectivity index (χ0v) is 8.52. The minimum Gasteiger partial charge on any atom is -0.508 e. The van der Waals surface area contributed by atoms with Crippen LogP contribution >= 0.6 is 0 Å². The highest BCUT2D eigenvalue weighted by molar-refractivity contribution is 5.19. The summed E-state index contributed by atoms with van der Waals surface area (Å²) in [5.74, 6) is 1.17. The lowest BCUT2D eigenvalue weighted by atomic mass is 10.1. The molecular formula is C13H14O2. The van der Waals surface area contributed by atoms with Crippen molar-refractivity contribution >= 4 is 0 Å². The van der Waals surface area contributed by atoms with Crippen molar-refractivity contribution in [2.24, 2.45) is 0 Å². The molecule has 78 valence electrons. The van der Waals surface area contributed by atoms with E-state index < -0.39 is 0 Å². The summed E-state index contributed by atoms with van der Waals surface area (Å²) in [6.45, 7) is 0.569. The van der Waals surface area contributed by atoms with E-state index in [1.54, 1.807) is 12.2 Å². The molecule has 0 saturated heterocycles. The summed E-state index contributed by atoms with van der Waals surface area (Å²) in [7, 11) is 0. The molecule has 0 atom stereocenters. The number of aliphatic hydroxyl groups is 1. The molecule has 0 bridgehead atoms. The van der Waals surface area contributed by atoms with Crippen LogP contribution < -0.4 is 0 Å². The number of rotatable bonds is 3. The molecule has 0 aromatic heterocycles. The third-order valence-electron chi connectivity index (χ3n) is 2.32. The number of hydrogen-bond acceptors (Lipinski definition) is 2. The summed E-state index contributed by atoms with van der Waals surface area (Å²) in [5.41, 5.74) is 1.15. The van der Waals surface area contributed by atoms with Gasteiger partial charge in [-0.25, -0.2) is 0 Å². The minimum absolute atomic E-state index is 0.310. The number of hydrogen-bond donors (Lipinski definition) is 1. The van der Waals surface area contributed by atoms with E-state index in [-0.39, 0.29) is 0 Å². The van der Waals surface area contributed by atoms with Gasteiger partial charge in [0.15, 0.2) is 0 Å². The summed E-state index contributed by atoms with van der Waals surface area (Å²) in [6.07, 6.45) is 5.21. The van der Waals surface area contributed by atoms with E-state index in [1.165, 1.54) is 0 Å². The maximum Gasteiger partial charge on any atom is 0.114 e. The van der Waals surface area contributed by atoms with Gasteiger partial charge >= 0.3 is 0 Å². The molecule has 0 fully saturated rings. The SMILES string of the molecule is OC1=CCCC(OCc2ccccc2)=C1. The smallest absolute Gasteiger partial charge is 0.114 e. The number of ether oxygens (including phenoxy) is 1. The molecular weight excluding hydrogens is 188 g/mol. The Hall–Kier alpha value is -1.70. The van der Waals surface area contributed by atoms with E-state index in [0.717, 1.165) is 24.2 Å². The molecule has 0 aliphatic heterocycles. The highest BCUT2D eigenvalue weighted by Crippen LogP contribution is 2.18. The summed E-state index contributed by atoms with van der Waals surface area (Å²) in [4.78, 5) is 0. The lowest BCUT2D eigenvalue weighted by Gasteiger charge is -2.12. The molecule has 1 aromatic rings. The molecule has 1 N–H and O–H groups in total. The van der Waals surface area contributed by atoms with Gasteiger partial charge in [0, 0.05) is 12.5 Å². The van der Waals surface area contributed by atoms with Crippen molar-refractivity contribution in [1.82, 2.24) is 0 Å². The predicted molar refractivity (Wildman–Crippen MR) is 59.3 cm³/mol. The first-order valence-corrected chi connectivity index (χ1v) is 5.11. The third-order valence-corrected chi connectivity index (χ3v) is 2.32. The number of benzene rings is 1. The van der Waals surface area contributed by atoms with Gasteiger partial charge in [0.1, 0.15) is 18.1 Å². The van der Waals surface area contributed by atoms with Gasteiger partial charge < -0.3 is 9.84 Å². The minimum atomic E-state index is 0.310. The second-order valence-electron chi connectivity index (χ2n) is 3.55. The monoisotopic (exact) mass is 202 g/mol. The molecule has 2 heteroatoms. The van der Waals surface area contributed by atoms with Gasteiger partial charge in [0.25, 0.3) is 0 Å². The topological polar surface area (TPSA) is 29.5 Å². The van der Waals surface area contributed by atoms with Crippen LogP contribution in [0.25, 0.3) is 0 Å². The van der Waals surface area contributed by atoms with E-state index in [9.17, 15) is 5.11 Å². The maximum atomic E-state index is 9.28. The lowest BCUT2D eigenvalue weighted by molar-refractivity contribution is 0.185. The molecule has 0 amide bonds. The quantitative estimate of drug-likeness (QED) is 0.814. The Kier molecular flexibility index (Phi) is 3.08. The first-order chi connectivity index (χ1) is 7.34. The third kappa shape index (κ3) is 2.88. The zero-order valence-electron chi connectivity index (χ0n) is 8.52. The van der Waals surface area contributed by atoms with Gasteiger partial charge in [-0.15, -0.1) is 0 Å². The number of allylic oxidation sites excluding steroid dienone is 3. The van der Waals surface area contributed by atoms with E-state index in [4.69, 9.17) is 4.74 Å². The molecule has 1 aliphatic carbocycles. The predicted octanol–water partition coefficient (Wildman–Crippen LogP) is 3.32. The van der Waals surface area contributed by atoms with Crippen LogP contribution in [0.15, 0.2) is 54.0 Å². The molecule has 1 aromatic carbocycles. The van der Waals surface area contributed by atoms with Crippen molar-refractivity contribution in [3.8, 4) is 0 Å². The van der Waals surface area contributed by atoms with Crippen LogP contribution in [0, 0.1) is 0 Å². The zero-order chi connectivity index (χ0) is 10.5. The Labute approximate surface area is 89.5 Å². The molecule has 15 heavy (non-hydrogen) atoms. The summed E-state index contributed by atoms with van der Waals surface area (Å²) < 4.78 is 5.60. The van der Waals surface area contributed by atoms with Crippen molar-refractivity contribution in [2.75, 3.05) is 0 Å². The number of aliphatic hydroxyl groups excluding tert-OH is 1. The van der Waals surface area contributed by atoms with E-state index in [1.807, 2.05) is 30.3 Å². The van der Waals surface area contributed by atoms with Crippen molar-refractivity contribution < 1.29 is 9.84 Å². The molecule has 2 nitrogen and oxygen atoms in total. The fourth-order valence-corrected chi connectivity index (χ4v) is 1.52. The first-order valence-electron chi connectivity index (χ1n) is 5.11. The highest BCUT2D eigenvalue weighted by Gasteiger charge is 2.05. The first kappa shape index (κ1) is 9.84. The van der Waals surface area contributed by atoms with Crippen LogP contribution in [-0.2, 0) is 11.3 Å². The normalized spacial score (nSPS) is 15.5. The summed E-state index contributed by atoms with van der Waals surface area (Å²) >= 11 is 0. The Morgan fingerprint density at radius 1 is 1.20 bits per heavy atom. The van der Waals surface area contributed by atoms with Gasteiger partial charge in [0.2, 0.25) is 0 Å². The molecule has 0 unspecified atom stereocenters. The fourth-order valence-electron chi connectivity index (χ4n) is 1.52. The average molecular weight is 202 g/mol. The van der Waals surface area contributed by atoms with Gasteiger partial charge in [0.05, 0.1) is 0 Å². The molecule has 2 rings (SSSR count). The van der Waals surface area contributed by atoms with Crippen LogP contribution in [-0.4, -0.2) is 5.11 Å². The van der Waals surface area contributed by atoms with Crippen LogP contribution in [0.2, 0.25) is 0 Å². The van der Waals surface area contributed by atoms with Crippen LogP contribution in [0.1, 0.15) is 18.4 Å². The van der Waals surface area contributed by atoms with Crippen LogP contribution in [0.4, 0.5) is 0 Å². The van der Waals surface area contributed by atoms with E-state index in [2.05, 4.69) is 0 Å². The molecule has 0 spiro atoms. The Morgan fingerprint density at radius 3 is 2.73 bits per heavy atom. The van der Waals surface area contributed by atoms with E-state index in [0.29, 0.717) is 12.4 Å². The highest BCUT2D eigenvalue weighted by atomic mass is 16.5. The second-order valence-corrected chi connectivity index (χ2v) is 3.55. The summed E-state index contributed by atoms with van der Waals surface area (Å²) in [5, 5.41) is 9.28. The van der Waals surface area contributed by atoms with Gasteiger partial charge in [-0.3, -0.25) is 0 Å². The van der Waals surface area contributed by atoms with Crippen LogP contribution in [0.3, 0.4) is 0 Å². The van der Waals surface area contributed by atoms with Crippen molar-refractivity contribution in [3.05, 3.63) is 59.6 Å². The Bertz CT molecular complexity index is 377.